The molecule has 3 heterocycles. The maximum Gasteiger partial charge on any atom is 0.0498 e. The molecule has 2 atom stereocenters. The first-order valence-corrected chi connectivity index (χ1v) is 7.95. The van der Waals surface area contributed by atoms with Gasteiger partial charge in [-0.05, 0) is 57.7 Å². The van der Waals surface area contributed by atoms with Crippen LogP contribution in [0.5, 0.6) is 0 Å². The molecule has 3 rings (SSSR count). The number of likely N-dealkylation sites (tertiary alicyclic amines) is 1. The summed E-state index contributed by atoms with van der Waals surface area (Å²) < 4.78 is 0. The highest BCUT2D eigenvalue weighted by atomic mass is 15.3. The molecule has 2 unspecified atom stereocenters. The van der Waals surface area contributed by atoms with Gasteiger partial charge in [-0.2, -0.15) is 0 Å². The van der Waals surface area contributed by atoms with Crippen LogP contribution in [0.15, 0.2) is 0 Å². The Labute approximate surface area is 112 Å². The molecule has 0 radical (unpaired) electrons. The average Bonchev–Trinajstić information content (AvgIpc) is 2.80. The summed E-state index contributed by atoms with van der Waals surface area (Å²) in [6.07, 6.45) is 8.23. The Kier molecular flexibility index (Phi) is 3.65. The molecule has 104 valence electrons. The zero-order chi connectivity index (χ0) is 12.6. The molecule has 0 aromatic rings. The summed E-state index contributed by atoms with van der Waals surface area (Å²) in [7, 11) is 0. The molecule has 3 heteroatoms. The van der Waals surface area contributed by atoms with Crippen molar-refractivity contribution in [3.8, 4) is 0 Å². The maximum absolute atomic E-state index is 6.27. The second-order valence-corrected chi connectivity index (χ2v) is 6.77. The minimum atomic E-state index is 0.320. The van der Waals surface area contributed by atoms with Crippen LogP contribution in [0.25, 0.3) is 0 Å². The van der Waals surface area contributed by atoms with Crippen molar-refractivity contribution in [2.75, 3.05) is 32.7 Å². The van der Waals surface area contributed by atoms with E-state index in [2.05, 4.69) is 16.7 Å². The van der Waals surface area contributed by atoms with Crippen LogP contribution in [0.4, 0.5) is 0 Å². The lowest BCUT2D eigenvalue weighted by molar-refractivity contribution is 0.0156. The lowest BCUT2D eigenvalue weighted by atomic mass is 9.81. The molecule has 0 amide bonds. The molecule has 0 saturated carbocycles. The molecule has 0 spiro atoms. The number of fused-ring (bicyclic) bond motifs is 1. The minimum absolute atomic E-state index is 0.320. The molecule has 2 N–H and O–H groups in total. The van der Waals surface area contributed by atoms with Crippen molar-refractivity contribution in [2.24, 2.45) is 11.7 Å². The summed E-state index contributed by atoms with van der Waals surface area (Å²) >= 11 is 0. The highest BCUT2D eigenvalue weighted by Crippen LogP contribution is 2.40. The van der Waals surface area contributed by atoms with Crippen molar-refractivity contribution in [1.29, 1.82) is 0 Å². The largest absolute Gasteiger partial charge is 0.329 e. The fourth-order valence-electron chi connectivity index (χ4n) is 4.56. The van der Waals surface area contributed by atoms with Crippen molar-refractivity contribution in [3.05, 3.63) is 0 Å². The van der Waals surface area contributed by atoms with Gasteiger partial charge in [-0.15, -0.1) is 0 Å². The number of piperidine rings is 2. The van der Waals surface area contributed by atoms with Crippen LogP contribution in [-0.4, -0.2) is 54.1 Å². The van der Waals surface area contributed by atoms with E-state index in [1.807, 2.05) is 0 Å². The van der Waals surface area contributed by atoms with Gasteiger partial charge in [0.2, 0.25) is 0 Å². The Bertz CT molecular complexity index is 285. The highest BCUT2D eigenvalue weighted by molar-refractivity contribution is 5.09. The SMILES string of the molecule is CC1CCN(C2(CN)CCN3CCCCC32)CC1. The first kappa shape index (κ1) is 12.9. The van der Waals surface area contributed by atoms with Gasteiger partial charge >= 0.3 is 0 Å². The molecule has 18 heavy (non-hydrogen) atoms. The molecule has 3 saturated heterocycles. The lowest BCUT2D eigenvalue weighted by Gasteiger charge is -2.49. The Morgan fingerprint density at radius 1 is 1.06 bits per heavy atom. The van der Waals surface area contributed by atoms with Crippen LogP contribution in [0, 0.1) is 5.92 Å². The van der Waals surface area contributed by atoms with Crippen molar-refractivity contribution < 1.29 is 0 Å². The van der Waals surface area contributed by atoms with Gasteiger partial charge in [-0.3, -0.25) is 9.80 Å². The molecule has 0 bridgehead atoms. The van der Waals surface area contributed by atoms with E-state index in [0.717, 1.165) is 18.5 Å². The van der Waals surface area contributed by atoms with E-state index < -0.39 is 0 Å². The number of hydrogen-bond donors (Lipinski definition) is 1. The van der Waals surface area contributed by atoms with Gasteiger partial charge < -0.3 is 5.73 Å². The third-order valence-electron chi connectivity index (χ3n) is 5.83. The summed E-state index contributed by atoms with van der Waals surface area (Å²) in [5, 5.41) is 0. The molecule has 3 aliphatic rings. The van der Waals surface area contributed by atoms with Crippen molar-refractivity contribution in [1.82, 2.24) is 9.80 Å². The van der Waals surface area contributed by atoms with Gasteiger partial charge in [-0.1, -0.05) is 13.3 Å². The van der Waals surface area contributed by atoms with Gasteiger partial charge in [0.05, 0.1) is 0 Å². The Balaban J connectivity index is 1.77. The van der Waals surface area contributed by atoms with E-state index in [9.17, 15) is 0 Å². The number of rotatable bonds is 2. The minimum Gasteiger partial charge on any atom is -0.329 e. The predicted molar refractivity (Wildman–Crippen MR) is 75.6 cm³/mol. The van der Waals surface area contributed by atoms with Gasteiger partial charge in [0.1, 0.15) is 0 Å². The van der Waals surface area contributed by atoms with Crippen molar-refractivity contribution in [2.45, 2.75) is 57.0 Å². The van der Waals surface area contributed by atoms with Crippen LogP contribution in [0.3, 0.4) is 0 Å². The summed E-state index contributed by atoms with van der Waals surface area (Å²) in [5.41, 5.74) is 6.59. The molecular weight excluding hydrogens is 222 g/mol. The first-order chi connectivity index (χ1) is 8.76. The van der Waals surface area contributed by atoms with E-state index in [0.29, 0.717) is 5.54 Å². The van der Waals surface area contributed by atoms with E-state index in [-0.39, 0.29) is 0 Å². The van der Waals surface area contributed by atoms with E-state index in [1.165, 1.54) is 64.7 Å². The fraction of sp³-hybridized carbons (Fsp3) is 1.00. The highest BCUT2D eigenvalue weighted by Gasteiger charge is 2.50. The van der Waals surface area contributed by atoms with Crippen LogP contribution < -0.4 is 5.73 Å². The molecule has 3 fully saturated rings. The number of nitrogens with two attached hydrogens (primary N) is 1. The zero-order valence-electron chi connectivity index (χ0n) is 11.9. The van der Waals surface area contributed by atoms with Crippen molar-refractivity contribution in [3.63, 3.8) is 0 Å². The van der Waals surface area contributed by atoms with E-state index >= 15 is 0 Å². The van der Waals surface area contributed by atoms with Crippen LogP contribution in [0.2, 0.25) is 0 Å². The molecule has 0 aromatic carbocycles. The summed E-state index contributed by atoms with van der Waals surface area (Å²) in [6, 6.07) is 0.754. The predicted octanol–water partition coefficient (Wildman–Crippen LogP) is 1.67. The Hall–Kier alpha value is -0.120. The third-order valence-corrected chi connectivity index (χ3v) is 5.83. The molecule has 3 nitrogen and oxygen atoms in total. The molecule has 0 aromatic heterocycles. The maximum atomic E-state index is 6.27. The van der Waals surface area contributed by atoms with Gasteiger partial charge in [0, 0.05) is 24.7 Å². The molecular formula is C15H29N3. The first-order valence-electron chi connectivity index (χ1n) is 7.95. The normalized spacial score (nSPS) is 40.0. The lowest BCUT2D eigenvalue weighted by Crippen LogP contribution is -2.63. The van der Waals surface area contributed by atoms with Crippen molar-refractivity contribution >= 4 is 0 Å². The van der Waals surface area contributed by atoms with Gasteiger partial charge in [-0.25, -0.2) is 0 Å². The van der Waals surface area contributed by atoms with Crippen LogP contribution in [0.1, 0.15) is 45.4 Å². The topological polar surface area (TPSA) is 32.5 Å². The second-order valence-electron chi connectivity index (χ2n) is 6.77. The smallest absolute Gasteiger partial charge is 0.0498 e. The molecule has 3 aliphatic heterocycles. The second kappa shape index (κ2) is 5.10. The molecule has 0 aliphatic carbocycles. The Morgan fingerprint density at radius 3 is 2.56 bits per heavy atom. The van der Waals surface area contributed by atoms with E-state index in [4.69, 9.17) is 5.73 Å². The quantitative estimate of drug-likeness (QED) is 0.810. The van der Waals surface area contributed by atoms with Crippen LogP contribution in [-0.2, 0) is 0 Å². The monoisotopic (exact) mass is 251 g/mol. The summed E-state index contributed by atoms with van der Waals surface area (Å²) in [5.74, 6) is 0.917. The number of nitrogens with zero attached hydrogens (tertiary/aromatic N) is 2. The number of hydrogen-bond acceptors (Lipinski definition) is 3. The average molecular weight is 251 g/mol. The standard InChI is InChI=1S/C15H29N3/c1-13-5-9-18(10-6-13)15(12-16)7-11-17-8-3-2-4-14(15)17/h13-14H,2-12,16H2,1H3. The zero-order valence-corrected chi connectivity index (χ0v) is 11.9. The van der Waals surface area contributed by atoms with E-state index in [1.54, 1.807) is 0 Å². The summed E-state index contributed by atoms with van der Waals surface area (Å²) in [4.78, 5) is 5.50. The van der Waals surface area contributed by atoms with Crippen LogP contribution >= 0.6 is 0 Å². The Morgan fingerprint density at radius 2 is 1.83 bits per heavy atom. The van der Waals surface area contributed by atoms with Gasteiger partial charge in [0.25, 0.3) is 0 Å². The third kappa shape index (κ3) is 2.00. The fourth-order valence-corrected chi connectivity index (χ4v) is 4.56. The van der Waals surface area contributed by atoms with Gasteiger partial charge in [0.15, 0.2) is 0 Å². The summed E-state index contributed by atoms with van der Waals surface area (Å²) in [6.45, 7) is 8.42.